The molecule has 2 rings (SSSR count). The second kappa shape index (κ2) is 6.29. The van der Waals surface area contributed by atoms with Gasteiger partial charge in [0.15, 0.2) is 0 Å². The van der Waals surface area contributed by atoms with Crippen LogP contribution in [0.15, 0.2) is 18.2 Å². The number of nitrogens with zero attached hydrogens (tertiary/aromatic N) is 2. The number of aromatic carboxylic acids is 1. The van der Waals surface area contributed by atoms with E-state index in [1.54, 1.807) is 12.1 Å². The quantitative estimate of drug-likeness (QED) is 0.874. The molecule has 0 fully saturated rings. The van der Waals surface area contributed by atoms with Crippen LogP contribution in [-0.2, 0) is 13.0 Å². The Morgan fingerprint density at radius 1 is 1.33 bits per heavy atom. The predicted octanol–water partition coefficient (Wildman–Crippen LogP) is 3.98. The van der Waals surface area contributed by atoms with Gasteiger partial charge >= 0.3 is 5.97 Å². The molecule has 4 heteroatoms. The zero-order valence-corrected chi connectivity index (χ0v) is 13.3. The van der Waals surface area contributed by atoms with Crippen LogP contribution < -0.4 is 0 Å². The number of hydrogen-bond acceptors (Lipinski definition) is 2. The highest BCUT2D eigenvalue weighted by Crippen LogP contribution is 2.24. The summed E-state index contributed by atoms with van der Waals surface area (Å²) in [6.45, 7) is 9.66. The molecule has 0 amide bonds. The van der Waals surface area contributed by atoms with Crippen molar-refractivity contribution in [2.75, 3.05) is 0 Å². The van der Waals surface area contributed by atoms with Crippen LogP contribution in [0.25, 0.3) is 11.0 Å². The summed E-state index contributed by atoms with van der Waals surface area (Å²) >= 11 is 0. The van der Waals surface area contributed by atoms with E-state index in [0.717, 1.165) is 30.7 Å². The van der Waals surface area contributed by atoms with Gasteiger partial charge in [-0.25, -0.2) is 9.78 Å². The number of carboxylic acid groups (broad SMARTS) is 1. The Bertz CT molecular complexity index is 644. The molecule has 0 aliphatic rings. The summed E-state index contributed by atoms with van der Waals surface area (Å²) in [4.78, 5) is 16.0. The number of fused-ring (bicyclic) bond motifs is 1. The van der Waals surface area contributed by atoms with Crippen LogP contribution in [0, 0.1) is 11.8 Å². The van der Waals surface area contributed by atoms with E-state index in [9.17, 15) is 9.90 Å². The lowest BCUT2D eigenvalue weighted by molar-refractivity contribution is 0.0699. The standard InChI is InChI=1S/C17H24N2O2/c1-5-7-15-18-16-13(17(20)21)8-6-9-14(16)19(15)10-12(4)11(2)3/h6,8-9,11-12H,5,7,10H2,1-4H3,(H,20,21). The molecule has 0 bridgehead atoms. The van der Waals surface area contributed by atoms with Gasteiger partial charge in [0.05, 0.1) is 11.1 Å². The molecule has 0 saturated carbocycles. The monoisotopic (exact) mass is 288 g/mol. The maximum absolute atomic E-state index is 11.4. The first-order valence-electron chi connectivity index (χ1n) is 7.67. The van der Waals surface area contributed by atoms with Gasteiger partial charge in [-0.05, 0) is 30.4 Å². The Morgan fingerprint density at radius 2 is 2.05 bits per heavy atom. The van der Waals surface area contributed by atoms with Crippen LogP contribution in [-0.4, -0.2) is 20.6 Å². The van der Waals surface area contributed by atoms with Crippen LogP contribution in [0.2, 0.25) is 0 Å². The van der Waals surface area contributed by atoms with Crippen molar-refractivity contribution in [1.82, 2.24) is 9.55 Å². The number of imidazole rings is 1. The van der Waals surface area contributed by atoms with E-state index in [0.29, 0.717) is 22.9 Å². The first-order chi connectivity index (χ1) is 9.95. The number of carboxylic acids is 1. The second-order valence-electron chi connectivity index (χ2n) is 6.09. The number of para-hydroxylation sites is 1. The third kappa shape index (κ3) is 3.09. The van der Waals surface area contributed by atoms with E-state index in [4.69, 9.17) is 0 Å². The van der Waals surface area contributed by atoms with Gasteiger partial charge in [0, 0.05) is 13.0 Å². The molecule has 21 heavy (non-hydrogen) atoms. The second-order valence-corrected chi connectivity index (χ2v) is 6.09. The number of aryl methyl sites for hydroxylation is 1. The average molecular weight is 288 g/mol. The molecule has 1 unspecified atom stereocenters. The largest absolute Gasteiger partial charge is 0.478 e. The van der Waals surface area contributed by atoms with E-state index in [1.165, 1.54) is 0 Å². The van der Waals surface area contributed by atoms with Crippen molar-refractivity contribution in [3.8, 4) is 0 Å². The third-order valence-corrected chi connectivity index (χ3v) is 4.17. The lowest BCUT2D eigenvalue weighted by Crippen LogP contribution is -2.15. The molecule has 0 radical (unpaired) electrons. The van der Waals surface area contributed by atoms with Crippen LogP contribution in [0.4, 0.5) is 0 Å². The lowest BCUT2D eigenvalue weighted by atomic mass is 9.98. The van der Waals surface area contributed by atoms with Gasteiger partial charge in [0.2, 0.25) is 0 Å². The fourth-order valence-corrected chi connectivity index (χ4v) is 2.48. The van der Waals surface area contributed by atoms with Gasteiger partial charge in [-0.1, -0.05) is 33.8 Å². The molecule has 0 spiro atoms. The lowest BCUT2D eigenvalue weighted by Gasteiger charge is -2.18. The van der Waals surface area contributed by atoms with Crippen molar-refractivity contribution in [2.24, 2.45) is 11.8 Å². The fourth-order valence-electron chi connectivity index (χ4n) is 2.48. The van der Waals surface area contributed by atoms with Crippen LogP contribution >= 0.6 is 0 Å². The van der Waals surface area contributed by atoms with Gasteiger partial charge in [0.25, 0.3) is 0 Å². The minimum Gasteiger partial charge on any atom is -0.478 e. The number of benzene rings is 1. The van der Waals surface area contributed by atoms with E-state index < -0.39 is 5.97 Å². The van der Waals surface area contributed by atoms with Crippen molar-refractivity contribution in [2.45, 2.75) is 47.1 Å². The molecule has 0 aliphatic carbocycles. The van der Waals surface area contributed by atoms with Gasteiger partial charge in [0.1, 0.15) is 11.3 Å². The molecule has 2 aromatic rings. The molecular formula is C17H24N2O2. The van der Waals surface area contributed by atoms with Crippen LogP contribution in [0.1, 0.15) is 50.3 Å². The normalized spacial score (nSPS) is 13.0. The Morgan fingerprint density at radius 3 is 2.62 bits per heavy atom. The van der Waals surface area contributed by atoms with E-state index in [2.05, 4.69) is 37.2 Å². The Labute approximate surface area is 125 Å². The number of rotatable bonds is 6. The Balaban J connectivity index is 2.57. The van der Waals surface area contributed by atoms with E-state index in [1.807, 2.05) is 6.07 Å². The SMILES string of the molecule is CCCc1nc2c(C(=O)O)cccc2n1CC(C)C(C)C. The van der Waals surface area contributed by atoms with Crippen molar-refractivity contribution >= 4 is 17.0 Å². The highest BCUT2D eigenvalue weighted by atomic mass is 16.4. The van der Waals surface area contributed by atoms with Gasteiger partial charge in [-0.2, -0.15) is 0 Å². The molecular weight excluding hydrogens is 264 g/mol. The maximum atomic E-state index is 11.4. The number of carbonyl (C=O) groups is 1. The molecule has 1 aromatic heterocycles. The van der Waals surface area contributed by atoms with Gasteiger partial charge in [-0.3, -0.25) is 0 Å². The zero-order chi connectivity index (χ0) is 15.6. The number of aromatic nitrogens is 2. The first kappa shape index (κ1) is 15.5. The van der Waals surface area contributed by atoms with Crippen LogP contribution in [0.5, 0.6) is 0 Å². The predicted molar refractivity (Wildman–Crippen MR) is 84.7 cm³/mol. The minimum absolute atomic E-state index is 0.292. The summed E-state index contributed by atoms with van der Waals surface area (Å²) in [5, 5.41) is 9.33. The Kier molecular flexibility index (Phi) is 4.66. The van der Waals surface area contributed by atoms with E-state index >= 15 is 0 Å². The molecule has 1 atom stereocenters. The zero-order valence-electron chi connectivity index (χ0n) is 13.3. The fraction of sp³-hybridized carbons (Fsp3) is 0.529. The third-order valence-electron chi connectivity index (χ3n) is 4.17. The summed E-state index contributed by atoms with van der Waals surface area (Å²) in [7, 11) is 0. The molecule has 0 saturated heterocycles. The topological polar surface area (TPSA) is 55.1 Å². The smallest absolute Gasteiger partial charge is 0.337 e. The van der Waals surface area contributed by atoms with Gasteiger partial charge < -0.3 is 9.67 Å². The minimum atomic E-state index is -0.912. The van der Waals surface area contributed by atoms with Crippen molar-refractivity contribution in [3.05, 3.63) is 29.6 Å². The summed E-state index contributed by atoms with van der Waals surface area (Å²) in [5.74, 6) is 1.19. The Hall–Kier alpha value is -1.84. The first-order valence-corrected chi connectivity index (χ1v) is 7.67. The summed E-state index contributed by atoms with van der Waals surface area (Å²) in [5.41, 5.74) is 1.84. The van der Waals surface area contributed by atoms with Crippen molar-refractivity contribution in [3.63, 3.8) is 0 Å². The molecule has 114 valence electrons. The summed E-state index contributed by atoms with van der Waals surface area (Å²) in [6, 6.07) is 5.41. The van der Waals surface area contributed by atoms with Crippen LogP contribution in [0.3, 0.4) is 0 Å². The van der Waals surface area contributed by atoms with Gasteiger partial charge in [-0.15, -0.1) is 0 Å². The molecule has 1 N–H and O–H groups in total. The highest BCUT2D eigenvalue weighted by Gasteiger charge is 2.18. The van der Waals surface area contributed by atoms with Crippen molar-refractivity contribution in [1.29, 1.82) is 0 Å². The molecule has 0 aliphatic heterocycles. The summed E-state index contributed by atoms with van der Waals surface area (Å²) < 4.78 is 2.20. The maximum Gasteiger partial charge on any atom is 0.337 e. The molecule has 1 aromatic carbocycles. The van der Waals surface area contributed by atoms with Crippen molar-refractivity contribution < 1.29 is 9.90 Å². The number of hydrogen-bond donors (Lipinski definition) is 1. The molecule has 4 nitrogen and oxygen atoms in total. The highest BCUT2D eigenvalue weighted by molar-refractivity contribution is 6.01. The molecule has 1 heterocycles. The average Bonchev–Trinajstić information content (AvgIpc) is 2.77. The summed E-state index contributed by atoms with van der Waals surface area (Å²) in [6.07, 6.45) is 1.88. The van der Waals surface area contributed by atoms with E-state index in [-0.39, 0.29) is 0 Å².